The van der Waals surface area contributed by atoms with Crippen LogP contribution in [0.1, 0.15) is 37.9 Å². The van der Waals surface area contributed by atoms with Crippen LogP contribution in [0.4, 0.5) is 0 Å². The van der Waals surface area contributed by atoms with Crippen LogP contribution < -0.4 is 24.4 Å². The van der Waals surface area contributed by atoms with Crippen molar-refractivity contribution in [3.63, 3.8) is 0 Å². The number of thiazole rings is 1. The Morgan fingerprint density at radius 3 is 2.64 bits per heavy atom. The number of fused-ring (bicyclic) bond motifs is 2. The molecule has 0 amide bonds. The SMILES string of the molecule is CCOC(=O)C1=C(C)N=c2s/c(=C/c3cc(I)c(OC)c(OCC)c3)c(=O)n2[C@H]1c1cccc2ccccc12. The van der Waals surface area contributed by atoms with Crippen molar-refractivity contribution in [1.29, 1.82) is 0 Å². The third-order valence-electron chi connectivity index (χ3n) is 6.47. The second-order valence-corrected chi connectivity index (χ2v) is 11.0. The fourth-order valence-corrected chi connectivity index (χ4v) is 6.75. The minimum absolute atomic E-state index is 0.223. The second kappa shape index (κ2) is 11.4. The molecule has 0 saturated carbocycles. The number of ether oxygens (including phenoxy) is 3. The topological polar surface area (TPSA) is 79.1 Å². The van der Waals surface area contributed by atoms with Gasteiger partial charge in [0.1, 0.15) is 0 Å². The van der Waals surface area contributed by atoms with Crippen LogP contribution in [0.25, 0.3) is 16.8 Å². The first-order chi connectivity index (χ1) is 18.9. The molecule has 0 aliphatic carbocycles. The number of benzene rings is 3. The maximum atomic E-state index is 14.0. The highest BCUT2D eigenvalue weighted by molar-refractivity contribution is 14.1. The average Bonchev–Trinajstić information content (AvgIpc) is 3.21. The Hall–Kier alpha value is -3.44. The standard InChI is InChI=1S/C30H27IN2O5S/c1-5-37-23-15-18(14-22(31)27(23)36-4)16-24-28(34)33-26(21-13-9-11-19-10-7-8-12-20(19)21)25(29(35)38-6-2)17(3)32-30(33)39-24/h7-16,26H,5-6H2,1-4H3/b24-16+/t26-/m0/s1. The van der Waals surface area contributed by atoms with Gasteiger partial charge < -0.3 is 14.2 Å². The largest absolute Gasteiger partial charge is 0.492 e. The van der Waals surface area contributed by atoms with Crippen LogP contribution in [-0.2, 0) is 9.53 Å². The first kappa shape index (κ1) is 27.1. The number of methoxy groups -OCH3 is 1. The summed E-state index contributed by atoms with van der Waals surface area (Å²) in [5.41, 5.74) is 2.32. The third kappa shape index (κ3) is 5.00. The van der Waals surface area contributed by atoms with Gasteiger partial charge in [-0.3, -0.25) is 9.36 Å². The highest BCUT2D eigenvalue weighted by Gasteiger charge is 2.34. The lowest BCUT2D eigenvalue weighted by atomic mass is 9.91. The molecule has 0 bridgehead atoms. The molecule has 9 heteroatoms. The zero-order valence-electron chi connectivity index (χ0n) is 22.0. The van der Waals surface area contributed by atoms with E-state index < -0.39 is 12.0 Å². The summed E-state index contributed by atoms with van der Waals surface area (Å²) in [6.45, 7) is 6.18. The van der Waals surface area contributed by atoms with Crippen LogP contribution in [0, 0.1) is 3.57 Å². The molecule has 3 aromatic carbocycles. The van der Waals surface area contributed by atoms with E-state index in [1.54, 1.807) is 25.5 Å². The lowest BCUT2D eigenvalue weighted by Gasteiger charge is -2.25. The lowest BCUT2D eigenvalue weighted by Crippen LogP contribution is -2.40. The normalized spacial score (nSPS) is 15.2. The van der Waals surface area contributed by atoms with Crippen molar-refractivity contribution in [2.45, 2.75) is 26.8 Å². The van der Waals surface area contributed by atoms with Gasteiger partial charge in [0.15, 0.2) is 16.3 Å². The highest BCUT2D eigenvalue weighted by Crippen LogP contribution is 2.36. The molecule has 4 aromatic rings. The Balaban J connectivity index is 1.76. The number of hydrogen-bond donors (Lipinski definition) is 0. The number of aromatic nitrogens is 1. The van der Waals surface area contributed by atoms with E-state index in [0.717, 1.165) is 25.5 Å². The van der Waals surface area contributed by atoms with Crippen molar-refractivity contribution < 1.29 is 19.0 Å². The quantitative estimate of drug-likeness (QED) is 0.208. The number of hydrogen-bond acceptors (Lipinski definition) is 7. The van der Waals surface area contributed by atoms with Crippen molar-refractivity contribution in [3.8, 4) is 11.5 Å². The zero-order valence-corrected chi connectivity index (χ0v) is 25.0. The predicted octanol–water partition coefficient (Wildman–Crippen LogP) is 4.96. The number of carbonyl (C=O) groups excluding carboxylic acids is 1. The van der Waals surface area contributed by atoms with Gasteiger partial charge in [-0.25, -0.2) is 9.79 Å². The Morgan fingerprint density at radius 2 is 1.90 bits per heavy atom. The first-order valence-electron chi connectivity index (χ1n) is 12.6. The van der Waals surface area contributed by atoms with Gasteiger partial charge in [-0.05, 0) is 83.5 Å². The molecule has 1 aliphatic rings. The van der Waals surface area contributed by atoms with Crippen molar-refractivity contribution in [1.82, 2.24) is 4.57 Å². The molecule has 0 fully saturated rings. The van der Waals surface area contributed by atoms with Crippen LogP contribution >= 0.6 is 33.9 Å². The maximum absolute atomic E-state index is 14.0. The van der Waals surface area contributed by atoms with Crippen molar-refractivity contribution in [2.24, 2.45) is 4.99 Å². The molecule has 1 atom stereocenters. The first-order valence-corrected chi connectivity index (χ1v) is 14.4. The van der Waals surface area contributed by atoms with Crippen molar-refractivity contribution in [2.75, 3.05) is 20.3 Å². The van der Waals surface area contributed by atoms with Gasteiger partial charge in [0.05, 0.1) is 45.7 Å². The number of allylic oxidation sites excluding steroid dienone is 1. The van der Waals surface area contributed by atoms with Crippen molar-refractivity contribution in [3.05, 3.63) is 100 Å². The third-order valence-corrected chi connectivity index (χ3v) is 8.25. The Bertz CT molecular complexity index is 1800. The molecule has 2 heterocycles. The molecule has 5 rings (SSSR count). The second-order valence-electron chi connectivity index (χ2n) is 8.84. The van der Waals surface area contributed by atoms with Crippen molar-refractivity contribution >= 4 is 56.7 Å². The molecule has 200 valence electrons. The number of rotatable bonds is 7. The summed E-state index contributed by atoms with van der Waals surface area (Å²) in [6, 6.07) is 17.0. The Labute approximate surface area is 243 Å². The smallest absolute Gasteiger partial charge is 0.338 e. The summed E-state index contributed by atoms with van der Waals surface area (Å²) in [7, 11) is 1.61. The Morgan fingerprint density at radius 1 is 1.13 bits per heavy atom. The van der Waals surface area contributed by atoms with Crippen LogP contribution in [-0.4, -0.2) is 30.9 Å². The van der Waals surface area contributed by atoms with E-state index in [0.29, 0.717) is 38.7 Å². The van der Waals surface area contributed by atoms with E-state index in [2.05, 4.69) is 22.6 Å². The van der Waals surface area contributed by atoms with E-state index in [1.807, 2.05) is 67.6 Å². The van der Waals surface area contributed by atoms with Gasteiger partial charge in [0, 0.05) is 0 Å². The summed E-state index contributed by atoms with van der Waals surface area (Å²) in [5, 5.41) is 1.98. The van der Waals surface area contributed by atoms with Crippen LogP contribution in [0.5, 0.6) is 11.5 Å². The van der Waals surface area contributed by atoms with Gasteiger partial charge >= 0.3 is 5.97 Å². The number of nitrogens with zero attached hydrogens (tertiary/aromatic N) is 2. The molecular weight excluding hydrogens is 627 g/mol. The molecule has 0 saturated heterocycles. The molecule has 1 aliphatic heterocycles. The molecule has 0 radical (unpaired) electrons. The average molecular weight is 655 g/mol. The van der Waals surface area contributed by atoms with Gasteiger partial charge in [-0.1, -0.05) is 53.8 Å². The molecule has 0 spiro atoms. The van der Waals surface area contributed by atoms with E-state index in [1.165, 1.54) is 11.3 Å². The molecule has 0 unspecified atom stereocenters. The minimum atomic E-state index is -0.677. The van der Waals surface area contributed by atoms with Gasteiger partial charge in [-0.15, -0.1) is 0 Å². The fraction of sp³-hybridized carbons (Fsp3) is 0.233. The summed E-state index contributed by atoms with van der Waals surface area (Å²) in [6.07, 6.45) is 1.83. The predicted molar refractivity (Wildman–Crippen MR) is 161 cm³/mol. The molecule has 1 aromatic heterocycles. The summed E-state index contributed by atoms with van der Waals surface area (Å²) in [4.78, 5) is 32.5. The zero-order chi connectivity index (χ0) is 27.7. The number of esters is 1. The highest BCUT2D eigenvalue weighted by atomic mass is 127. The van der Waals surface area contributed by atoms with Crippen LogP contribution in [0.2, 0.25) is 0 Å². The minimum Gasteiger partial charge on any atom is -0.492 e. The number of halogens is 1. The molecule has 39 heavy (non-hydrogen) atoms. The summed E-state index contributed by atoms with van der Waals surface area (Å²) < 4.78 is 19.7. The van der Waals surface area contributed by atoms with E-state index in [-0.39, 0.29) is 12.2 Å². The van der Waals surface area contributed by atoms with E-state index >= 15 is 0 Å². The van der Waals surface area contributed by atoms with Gasteiger partial charge in [-0.2, -0.15) is 0 Å². The van der Waals surface area contributed by atoms with Gasteiger partial charge in [0.25, 0.3) is 5.56 Å². The van der Waals surface area contributed by atoms with Crippen LogP contribution in [0.15, 0.2) is 75.7 Å². The lowest BCUT2D eigenvalue weighted by molar-refractivity contribution is -0.139. The van der Waals surface area contributed by atoms with E-state index in [9.17, 15) is 9.59 Å². The van der Waals surface area contributed by atoms with Crippen LogP contribution in [0.3, 0.4) is 0 Å². The maximum Gasteiger partial charge on any atom is 0.338 e. The molecule has 7 nitrogen and oxygen atoms in total. The summed E-state index contributed by atoms with van der Waals surface area (Å²) in [5.74, 6) is 0.791. The molecular formula is C30H27IN2O5S. The monoisotopic (exact) mass is 654 g/mol. The molecule has 0 N–H and O–H groups in total. The summed E-state index contributed by atoms with van der Waals surface area (Å²) >= 11 is 3.49. The Kier molecular flexibility index (Phi) is 7.90. The fourth-order valence-electron chi connectivity index (χ4n) is 4.86. The number of carbonyl (C=O) groups is 1. The van der Waals surface area contributed by atoms with E-state index in [4.69, 9.17) is 19.2 Å². The van der Waals surface area contributed by atoms with Gasteiger partial charge in [0.2, 0.25) is 0 Å².